The van der Waals surface area contributed by atoms with Crippen LogP contribution in [0.25, 0.3) is 32.0 Å². The lowest BCUT2D eigenvalue weighted by Crippen LogP contribution is -2.40. The second-order valence-corrected chi connectivity index (χ2v) is 15.1. The maximum absolute atomic E-state index is 14.5. The number of rotatable bonds is 9. The van der Waals surface area contributed by atoms with Crippen LogP contribution < -0.4 is 15.8 Å². The Morgan fingerprint density at radius 2 is 1.89 bits per heavy atom. The number of carbonyl (C=O) groups is 1. The average Bonchev–Trinajstić information content (AvgIpc) is 3.97. The number of carbonyl (C=O) groups excluding carboxylic acids is 1. The van der Waals surface area contributed by atoms with Crippen molar-refractivity contribution in [3.05, 3.63) is 111 Å². The number of anilines is 1. The SMILES string of the molecule is O=C1c2c(nc(CCc3ccc(F)cc3)c(-c3n[nH]c(=O)o3)c2-c2cc3ccnc(NC4CCc5c4ccc(F)c5OC(F)F)c3s2)C23CC(CN12)C3. The van der Waals surface area contributed by atoms with E-state index in [1.54, 1.807) is 24.4 Å². The first-order valence-electron chi connectivity index (χ1n) is 17.3. The molecule has 0 radical (unpaired) electrons. The summed E-state index contributed by atoms with van der Waals surface area (Å²) in [5, 5.41) is 10.9. The second kappa shape index (κ2) is 11.7. The second-order valence-electron chi connectivity index (χ2n) is 14.0. The van der Waals surface area contributed by atoms with Gasteiger partial charge in [0.15, 0.2) is 11.6 Å². The van der Waals surface area contributed by atoms with E-state index in [-0.39, 0.29) is 23.7 Å². The van der Waals surface area contributed by atoms with E-state index in [1.807, 2.05) is 17.0 Å². The van der Waals surface area contributed by atoms with Crippen LogP contribution in [0.1, 0.15) is 63.7 Å². The summed E-state index contributed by atoms with van der Waals surface area (Å²) >= 11 is 1.40. The van der Waals surface area contributed by atoms with Crippen LogP contribution in [0.5, 0.6) is 5.75 Å². The molecule has 2 N–H and O–H groups in total. The number of pyridine rings is 2. The Morgan fingerprint density at radius 3 is 2.66 bits per heavy atom. The molecule has 2 bridgehead atoms. The van der Waals surface area contributed by atoms with E-state index in [0.29, 0.717) is 88.0 Å². The zero-order valence-corrected chi connectivity index (χ0v) is 28.5. The van der Waals surface area contributed by atoms with Crippen molar-refractivity contribution >= 4 is 33.1 Å². The quantitative estimate of drug-likeness (QED) is 0.146. The minimum atomic E-state index is -3.16. The number of aromatic nitrogens is 4. The van der Waals surface area contributed by atoms with Gasteiger partial charge in [-0.15, -0.1) is 16.4 Å². The molecule has 1 amide bonds. The third kappa shape index (κ3) is 4.92. The molecule has 1 atom stereocenters. The molecule has 6 aromatic rings. The summed E-state index contributed by atoms with van der Waals surface area (Å²) in [5.41, 5.74) is 4.21. The molecule has 7 heterocycles. The van der Waals surface area contributed by atoms with Crippen LogP contribution in [0.15, 0.2) is 63.9 Å². The van der Waals surface area contributed by atoms with E-state index in [1.165, 1.54) is 23.5 Å². The van der Waals surface area contributed by atoms with E-state index in [2.05, 4.69) is 25.2 Å². The van der Waals surface area contributed by atoms with E-state index in [0.717, 1.165) is 34.6 Å². The number of ether oxygens (including phenoxy) is 1. The van der Waals surface area contributed by atoms with Gasteiger partial charge in [0.2, 0.25) is 0 Å². The third-order valence-corrected chi connectivity index (χ3v) is 12.3. The lowest BCUT2D eigenvalue weighted by molar-refractivity contribution is -0.0527. The highest BCUT2D eigenvalue weighted by Gasteiger charge is 2.65. The van der Waals surface area contributed by atoms with Gasteiger partial charge in [-0.2, -0.15) is 8.78 Å². The Balaban J connectivity index is 1.12. The number of thiophene rings is 1. The van der Waals surface area contributed by atoms with Crippen molar-refractivity contribution < 1.29 is 31.5 Å². The number of hydrogen-bond donors (Lipinski definition) is 2. The highest BCUT2D eigenvalue weighted by atomic mass is 32.1. The average molecular weight is 741 g/mol. The van der Waals surface area contributed by atoms with Crippen molar-refractivity contribution in [1.82, 2.24) is 25.1 Å². The Labute approximate surface area is 301 Å². The van der Waals surface area contributed by atoms with Gasteiger partial charge in [0.05, 0.1) is 38.8 Å². The van der Waals surface area contributed by atoms with E-state index in [4.69, 9.17) is 9.40 Å². The number of hydrogen-bond acceptors (Lipinski definition) is 9. The zero-order chi connectivity index (χ0) is 36.2. The number of nitrogens with zero attached hydrogens (tertiary/aromatic N) is 4. The molecule has 53 heavy (non-hydrogen) atoms. The summed E-state index contributed by atoms with van der Waals surface area (Å²) in [4.78, 5) is 39.3. The van der Waals surface area contributed by atoms with Crippen molar-refractivity contribution in [3.8, 4) is 27.6 Å². The first-order chi connectivity index (χ1) is 25.7. The van der Waals surface area contributed by atoms with E-state index >= 15 is 0 Å². The number of nitrogens with one attached hydrogen (secondary N) is 2. The summed E-state index contributed by atoms with van der Waals surface area (Å²) in [6.45, 7) is -2.51. The molecular formula is C38H28F4N6O4S. The topological polar surface area (TPSA) is 126 Å². The molecule has 3 aliphatic heterocycles. The highest BCUT2D eigenvalue weighted by Crippen LogP contribution is 2.63. The normalized spacial score (nSPS) is 20.9. The summed E-state index contributed by atoms with van der Waals surface area (Å²) < 4.78 is 65.5. The standard InChI is InChI=1S/C38H28F4N6O4S/c39-20-4-1-17(2-5-20)3-9-25-27(34-46-47-37(50)52-34)28(29-32(44-25)38-14-18(15-38)16-48(38)35(29)49)26-13-19-11-12-43-33(31(19)53-26)45-24-10-7-22-21(24)6-8-23(40)30(22)51-36(41)42/h1-2,4-6,8,11-13,18,24,36H,3,7,9-10,14-16H2,(H,43,45)(H,47,50). The van der Waals surface area contributed by atoms with Crippen LogP contribution in [0.4, 0.5) is 23.4 Å². The van der Waals surface area contributed by atoms with Crippen LogP contribution in [0.2, 0.25) is 0 Å². The Morgan fingerprint density at radius 1 is 1.06 bits per heavy atom. The number of H-pyrrole nitrogens is 1. The molecular weight excluding hydrogens is 713 g/mol. The number of halogens is 4. The van der Waals surface area contributed by atoms with Gasteiger partial charge in [-0.25, -0.2) is 23.7 Å². The molecule has 1 spiro atoms. The lowest BCUT2D eigenvalue weighted by atomic mass is 9.71. The highest BCUT2D eigenvalue weighted by molar-refractivity contribution is 7.23. The minimum absolute atomic E-state index is 0.00352. The fourth-order valence-corrected chi connectivity index (χ4v) is 10.0. The summed E-state index contributed by atoms with van der Waals surface area (Å²) in [6, 6.07) is 12.4. The molecule has 4 aromatic heterocycles. The summed E-state index contributed by atoms with van der Waals surface area (Å²) in [7, 11) is 0. The van der Waals surface area contributed by atoms with Crippen molar-refractivity contribution in [3.63, 3.8) is 0 Å². The van der Waals surface area contributed by atoms with Gasteiger partial charge in [-0.1, -0.05) is 18.2 Å². The van der Waals surface area contributed by atoms with Crippen LogP contribution in [-0.2, 0) is 24.8 Å². The molecule has 2 aliphatic carbocycles. The van der Waals surface area contributed by atoms with Crippen molar-refractivity contribution in [1.29, 1.82) is 0 Å². The van der Waals surface area contributed by atoms with Crippen molar-refractivity contribution in [2.24, 2.45) is 5.92 Å². The van der Waals surface area contributed by atoms with Crippen molar-refractivity contribution in [2.75, 3.05) is 11.9 Å². The Bertz CT molecular complexity index is 2540. The van der Waals surface area contributed by atoms with Crippen LogP contribution in [0, 0.1) is 17.6 Å². The molecule has 5 aliphatic rings. The Hall–Kier alpha value is -5.57. The molecule has 11 rings (SSSR count). The number of amides is 1. The van der Waals surface area contributed by atoms with E-state index < -0.39 is 29.5 Å². The van der Waals surface area contributed by atoms with Gasteiger partial charge in [0, 0.05) is 28.7 Å². The Kier molecular flexibility index (Phi) is 7.10. The molecule has 15 heteroatoms. The first kappa shape index (κ1) is 32.1. The summed E-state index contributed by atoms with van der Waals surface area (Å²) in [5.74, 6) is -1.55. The third-order valence-electron chi connectivity index (χ3n) is 11.1. The number of aromatic amines is 1. The fraction of sp³-hybridized carbons (Fsp3) is 0.289. The molecule has 268 valence electrons. The first-order valence-corrected chi connectivity index (χ1v) is 18.1. The summed E-state index contributed by atoms with van der Waals surface area (Å²) in [6.07, 6.45) is 5.04. The molecule has 1 unspecified atom stereocenters. The maximum atomic E-state index is 14.5. The number of benzene rings is 2. The smallest absolute Gasteiger partial charge is 0.431 e. The van der Waals surface area contributed by atoms with Gasteiger partial charge in [0.1, 0.15) is 11.6 Å². The van der Waals surface area contributed by atoms with Gasteiger partial charge >= 0.3 is 12.4 Å². The van der Waals surface area contributed by atoms with Crippen molar-refractivity contribution in [2.45, 2.75) is 56.7 Å². The van der Waals surface area contributed by atoms with Gasteiger partial charge in [-0.3, -0.25) is 9.78 Å². The fourth-order valence-electron chi connectivity index (χ4n) is 8.86. The monoisotopic (exact) mass is 740 g/mol. The van der Waals surface area contributed by atoms with Gasteiger partial charge < -0.3 is 19.4 Å². The molecule has 10 nitrogen and oxygen atoms in total. The predicted octanol–water partition coefficient (Wildman–Crippen LogP) is 7.54. The number of aryl methyl sites for hydroxylation is 2. The largest absolute Gasteiger partial charge is 0.434 e. The maximum Gasteiger partial charge on any atom is 0.434 e. The van der Waals surface area contributed by atoms with Crippen LogP contribution in [-0.4, -0.2) is 44.1 Å². The van der Waals surface area contributed by atoms with Crippen LogP contribution >= 0.6 is 11.3 Å². The molecule has 3 fully saturated rings. The predicted molar refractivity (Wildman–Crippen MR) is 186 cm³/mol. The lowest BCUT2D eigenvalue weighted by Gasteiger charge is -2.37. The zero-order valence-electron chi connectivity index (χ0n) is 27.7. The van der Waals surface area contributed by atoms with Gasteiger partial charge in [-0.05, 0) is 91.3 Å². The minimum Gasteiger partial charge on any atom is -0.431 e. The number of fused-ring (bicyclic) bond motifs is 3. The molecule has 2 aromatic carbocycles. The van der Waals surface area contributed by atoms with Gasteiger partial charge in [0.25, 0.3) is 11.8 Å². The molecule has 2 saturated heterocycles. The van der Waals surface area contributed by atoms with Crippen LogP contribution in [0.3, 0.4) is 0 Å². The molecule has 1 saturated carbocycles. The number of alkyl halides is 2. The van der Waals surface area contributed by atoms with E-state index in [9.17, 15) is 27.2 Å².